The Morgan fingerprint density at radius 2 is 2.14 bits per heavy atom. The first kappa shape index (κ1) is 10.9. The predicted octanol–water partition coefficient (Wildman–Crippen LogP) is 0.252. The van der Waals surface area contributed by atoms with Crippen molar-refractivity contribution in [1.29, 1.82) is 0 Å². The Bertz CT molecular complexity index is 281. The van der Waals surface area contributed by atoms with Gasteiger partial charge in [0.05, 0.1) is 20.0 Å². The van der Waals surface area contributed by atoms with Gasteiger partial charge in [0.2, 0.25) is 0 Å². The molecule has 0 saturated carbocycles. The molecule has 1 rings (SSSR count). The highest BCUT2D eigenvalue weighted by molar-refractivity contribution is 4.74. The van der Waals surface area contributed by atoms with E-state index in [-0.39, 0.29) is 13.1 Å². The summed E-state index contributed by atoms with van der Waals surface area (Å²) in [6, 6.07) is 0. The fourth-order valence-electron chi connectivity index (χ4n) is 0.824. The lowest BCUT2D eigenvalue weighted by Gasteiger charge is -2.05. The average Bonchev–Trinajstić information content (AvgIpc) is 2.44. The van der Waals surface area contributed by atoms with E-state index in [2.05, 4.69) is 20.7 Å². The number of aromatic nitrogens is 4. The quantitative estimate of drug-likeness (QED) is 0.722. The molecule has 1 heterocycles. The summed E-state index contributed by atoms with van der Waals surface area (Å²) in [5.41, 5.74) is 0. The lowest BCUT2D eigenvalue weighted by molar-refractivity contribution is -0.133. The van der Waals surface area contributed by atoms with Crippen LogP contribution in [0.5, 0.6) is 0 Å². The third kappa shape index (κ3) is 4.17. The zero-order chi connectivity index (χ0) is 10.6. The Balaban J connectivity index is 2.16. The fourth-order valence-corrected chi connectivity index (χ4v) is 0.824. The maximum absolute atomic E-state index is 11.7. The molecule has 14 heavy (non-hydrogen) atoms. The highest BCUT2D eigenvalue weighted by atomic mass is 19.4. The summed E-state index contributed by atoms with van der Waals surface area (Å²) in [5.74, 6) is 0.384. The molecule has 1 aromatic heterocycles. The van der Waals surface area contributed by atoms with E-state index in [0.29, 0.717) is 5.82 Å². The minimum absolute atomic E-state index is 0.137. The molecule has 0 atom stereocenters. The van der Waals surface area contributed by atoms with E-state index in [9.17, 15) is 13.2 Å². The maximum Gasteiger partial charge on any atom is 0.390 e. The largest absolute Gasteiger partial charge is 0.390 e. The number of rotatable bonds is 4. The van der Waals surface area contributed by atoms with Gasteiger partial charge in [-0.3, -0.25) is 0 Å². The SMILES string of the molecule is Cn1nnc(CNCCC(F)(F)F)n1. The van der Waals surface area contributed by atoms with E-state index in [1.807, 2.05) is 0 Å². The second kappa shape index (κ2) is 4.36. The molecule has 0 spiro atoms. The zero-order valence-electron chi connectivity index (χ0n) is 7.54. The van der Waals surface area contributed by atoms with Crippen LogP contribution < -0.4 is 5.32 Å². The molecule has 0 bridgehead atoms. The van der Waals surface area contributed by atoms with Crippen molar-refractivity contribution in [3.05, 3.63) is 5.82 Å². The van der Waals surface area contributed by atoms with Gasteiger partial charge >= 0.3 is 6.18 Å². The van der Waals surface area contributed by atoms with E-state index in [1.165, 1.54) is 4.80 Å². The van der Waals surface area contributed by atoms with Crippen molar-refractivity contribution >= 4 is 0 Å². The molecule has 80 valence electrons. The molecular formula is C6H10F3N5. The predicted molar refractivity (Wildman–Crippen MR) is 41.2 cm³/mol. The second-order valence-corrected chi connectivity index (χ2v) is 2.74. The minimum atomic E-state index is -4.12. The van der Waals surface area contributed by atoms with Crippen LogP contribution in [0.15, 0.2) is 0 Å². The highest BCUT2D eigenvalue weighted by Gasteiger charge is 2.25. The van der Waals surface area contributed by atoms with Gasteiger partial charge in [-0.25, -0.2) is 0 Å². The maximum atomic E-state index is 11.7. The summed E-state index contributed by atoms with van der Waals surface area (Å²) in [7, 11) is 1.59. The first-order valence-corrected chi connectivity index (χ1v) is 3.98. The van der Waals surface area contributed by atoms with E-state index in [0.717, 1.165) is 0 Å². The van der Waals surface area contributed by atoms with Crippen molar-refractivity contribution in [2.24, 2.45) is 7.05 Å². The number of tetrazole rings is 1. The van der Waals surface area contributed by atoms with Gasteiger partial charge in [-0.1, -0.05) is 0 Å². The van der Waals surface area contributed by atoms with Gasteiger partial charge in [0.15, 0.2) is 5.82 Å². The lowest BCUT2D eigenvalue weighted by atomic mass is 10.4. The van der Waals surface area contributed by atoms with Crippen LogP contribution in [0.4, 0.5) is 13.2 Å². The van der Waals surface area contributed by atoms with Crippen molar-refractivity contribution in [2.45, 2.75) is 19.1 Å². The lowest BCUT2D eigenvalue weighted by Crippen LogP contribution is -2.21. The van der Waals surface area contributed by atoms with Gasteiger partial charge in [0.1, 0.15) is 0 Å². The number of nitrogens with zero attached hydrogens (tertiary/aromatic N) is 4. The Morgan fingerprint density at radius 3 is 2.64 bits per heavy atom. The summed E-state index contributed by atoms with van der Waals surface area (Å²) in [4.78, 5) is 1.25. The first-order chi connectivity index (χ1) is 6.47. The number of hydrogen-bond acceptors (Lipinski definition) is 4. The number of alkyl halides is 3. The molecule has 0 unspecified atom stereocenters. The monoisotopic (exact) mass is 209 g/mol. The normalized spacial score (nSPS) is 12.0. The molecule has 0 amide bonds. The molecule has 8 heteroatoms. The smallest absolute Gasteiger partial charge is 0.309 e. The van der Waals surface area contributed by atoms with Gasteiger partial charge in [-0.15, -0.1) is 10.2 Å². The van der Waals surface area contributed by atoms with Crippen LogP contribution in [0, 0.1) is 0 Å². The van der Waals surface area contributed by atoms with Crippen LogP contribution in [0.25, 0.3) is 0 Å². The third-order valence-electron chi connectivity index (χ3n) is 1.42. The third-order valence-corrected chi connectivity index (χ3v) is 1.42. The van der Waals surface area contributed by atoms with Gasteiger partial charge in [0, 0.05) is 6.54 Å². The van der Waals surface area contributed by atoms with Crippen LogP contribution >= 0.6 is 0 Å². The molecule has 1 aromatic rings. The second-order valence-electron chi connectivity index (χ2n) is 2.74. The Labute approximate surface area is 78.3 Å². The average molecular weight is 209 g/mol. The van der Waals surface area contributed by atoms with Crippen LogP contribution in [0.3, 0.4) is 0 Å². The topological polar surface area (TPSA) is 55.6 Å². The van der Waals surface area contributed by atoms with Crippen LogP contribution in [0.1, 0.15) is 12.2 Å². The standard InChI is InChI=1S/C6H10F3N5/c1-14-12-5(11-13-14)4-10-3-2-6(7,8)9/h10H,2-4H2,1H3. The Hall–Kier alpha value is -1.18. The summed E-state index contributed by atoms with van der Waals surface area (Å²) >= 11 is 0. The molecule has 0 aliphatic rings. The van der Waals surface area contributed by atoms with Crippen molar-refractivity contribution in [1.82, 2.24) is 25.5 Å². The fraction of sp³-hybridized carbons (Fsp3) is 0.833. The molecule has 0 aromatic carbocycles. The minimum Gasteiger partial charge on any atom is -0.309 e. The van der Waals surface area contributed by atoms with Crippen molar-refractivity contribution in [3.8, 4) is 0 Å². The van der Waals surface area contributed by atoms with Crippen molar-refractivity contribution in [2.75, 3.05) is 6.54 Å². The van der Waals surface area contributed by atoms with E-state index in [1.54, 1.807) is 7.05 Å². The highest BCUT2D eigenvalue weighted by Crippen LogP contribution is 2.18. The van der Waals surface area contributed by atoms with E-state index >= 15 is 0 Å². The summed E-state index contributed by atoms with van der Waals surface area (Å²) in [5, 5.41) is 13.5. The molecule has 5 nitrogen and oxygen atoms in total. The van der Waals surface area contributed by atoms with E-state index < -0.39 is 12.6 Å². The van der Waals surface area contributed by atoms with Crippen LogP contribution in [-0.4, -0.2) is 32.9 Å². The molecule has 0 aliphatic carbocycles. The molecule has 0 saturated heterocycles. The number of hydrogen-bond donors (Lipinski definition) is 1. The summed E-state index contributed by atoms with van der Waals surface area (Å²) in [6.07, 6.45) is -4.98. The number of aryl methyl sites for hydroxylation is 1. The van der Waals surface area contributed by atoms with E-state index in [4.69, 9.17) is 0 Å². The van der Waals surface area contributed by atoms with Gasteiger partial charge in [0.25, 0.3) is 0 Å². The first-order valence-electron chi connectivity index (χ1n) is 3.98. The van der Waals surface area contributed by atoms with Crippen LogP contribution in [0.2, 0.25) is 0 Å². The molecule has 1 N–H and O–H groups in total. The zero-order valence-corrected chi connectivity index (χ0v) is 7.54. The molecule has 0 fully saturated rings. The van der Waals surface area contributed by atoms with Crippen molar-refractivity contribution in [3.63, 3.8) is 0 Å². The Kier molecular flexibility index (Phi) is 3.39. The summed E-state index contributed by atoms with van der Waals surface area (Å²) < 4.78 is 35.1. The summed E-state index contributed by atoms with van der Waals surface area (Å²) in [6.45, 7) is 0.0612. The molecular weight excluding hydrogens is 199 g/mol. The molecule has 0 aliphatic heterocycles. The van der Waals surface area contributed by atoms with Gasteiger partial charge in [-0.05, 0) is 5.21 Å². The van der Waals surface area contributed by atoms with Crippen molar-refractivity contribution < 1.29 is 13.2 Å². The van der Waals surface area contributed by atoms with Crippen LogP contribution in [-0.2, 0) is 13.6 Å². The van der Waals surface area contributed by atoms with Gasteiger partial charge in [-0.2, -0.15) is 18.0 Å². The number of nitrogens with one attached hydrogen (secondary N) is 1. The number of halogens is 3. The Morgan fingerprint density at radius 1 is 1.43 bits per heavy atom. The van der Waals surface area contributed by atoms with Gasteiger partial charge < -0.3 is 5.32 Å². The molecule has 0 radical (unpaired) electrons.